The van der Waals surface area contributed by atoms with Crippen molar-refractivity contribution in [1.82, 2.24) is 14.5 Å². The van der Waals surface area contributed by atoms with Gasteiger partial charge in [-0.2, -0.15) is 0 Å². The van der Waals surface area contributed by atoms with Crippen LogP contribution in [0.1, 0.15) is 30.0 Å². The first-order valence-electron chi connectivity index (χ1n) is 7.81. The zero-order valence-corrected chi connectivity index (χ0v) is 12.2. The molecule has 1 saturated heterocycles. The van der Waals surface area contributed by atoms with Gasteiger partial charge in [0.05, 0.1) is 17.7 Å². The van der Waals surface area contributed by atoms with Crippen molar-refractivity contribution in [2.75, 3.05) is 26.2 Å². The lowest BCUT2D eigenvalue weighted by atomic mass is 9.94. The number of para-hydroxylation sites is 1. The number of piperidine rings is 1. The molecule has 4 rings (SSSR count). The van der Waals surface area contributed by atoms with Gasteiger partial charge in [0, 0.05) is 31.8 Å². The van der Waals surface area contributed by atoms with Crippen LogP contribution in [-0.2, 0) is 0 Å². The van der Waals surface area contributed by atoms with Crippen LogP contribution in [-0.4, -0.2) is 45.8 Å². The Balaban J connectivity index is 1.61. The van der Waals surface area contributed by atoms with Gasteiger partial charge in [-0.25, -0.2) is 4.98 Å². The van der Waals surface area contributed by atoms with Crippen molar-refractivity contribution in [2.45, 2.75) is 18.8 Å². The fraction of sp³-hybridized carbons (Fsp3) is 0.471. The summed E-state index contributed by atoms with van der Waals surface area (Å²) < 4.78 is 2.22. The Bertz CT molecular complexity index is 636. The minimum atomic E-state index is 0.315. The predicted octanol–water partition coefficient (Wildman–Crippen LogP) is 2.02. The van der Waals surface area contributed by atoms with Crippen molar-refractivity contribution in [1.29, 1.82) is 0 Å². The monoisotopic (exact) mass is 283 g/mol. The molecule has 1 N–H and O–H groups in total. The van der Waals surface area contributed by atoms with Gasteiger partial charge < -0.3 is 14.6 Å². The molecule has 0 spiro atoms. The predicted molar refractivity (Wildman–Crippen MR) is 81.7 cm³/mol. The van der Waals surface area contributed by atoms with E-state index in [-0.39, 0.29) is 0 Å². The van der Waals surface area contributed by atoms with Crippen molar-refractivity contribution in [3.8, 4) is 5.69 Å². The number of hydrogen-bond donors (Lipinski definition) is 1. The smallest absolute Gasteiger partial charge is 0.0994 e. The third-order valence-corrected chi connectivity index (χ3v) is 4.90. The summed E-state index contributed by atoms with van der Waals surface area (Å²) in [5.41, 5.74) is 3.97. The van der Waals surface area contributed by atoms with Gasteiger partial charge in [0.1, 0.15) is 0 Å². The van der Waals surface area contributed by atoms with Gasteiger partial charge in [0.2, 0.25) is 0 Å². The zero-order chi connectivity index (χ0) is 14.2. The molecule has 0 bridgehead atoms. The highest BCUT2D eigenvalue weighted by Gasteiger charge is 2.31. The lowest BCUT2D eigenvalue weighted by Crippen LogP contribution is -2.39. The Hall–Kier alpha value is -1.65. The number of hydrogen-bond acceptors (Lipinski definition) is 3. The second-order valence-electron chi connectivity index (χ2n) is 6.25. The SMILES string of the molecule is OCC1CCCN(CC2c3ccccc3-n3cncc32)C1. The van der Waals surface area contributed by atoms with Crippen molar-refractivity contribution in [2.24, 2.45) is 5.92 Å². The topological polar surface area (TPSA) is 41.3 Å². The number of rotatable bonds is 3. The molecular formula is C17H21N3O. The number of aromatic nitrogens is 2. The maximum atomic E-state index is 9.41. The average molecular weight is 283 g/mol. The van der Waals surface area contributed by atoms with Crippen LogP contribution in [0.25, 0.3) is 5.69 Å². The number of imidazole rings is 1. The fourth-order valence-electron chi connectivity index (χ4n) is 3.84. The number of nitrogens with zero attached hydrogens (tertiary/aromatic N) is 3. The Labute approximate surface area is 125 Å². The van der Waals surface area contributed by atoms with Gasteiger partial charge in [-0.15, -0.1) is 0 Å². The molecule has 4 nitrogen and oxygen atoms in total. The Kier molecular flexibility index (Phi) is 3.28. The van der Waals surface area contributed by atoms with Crippen molar-refractivity contribution >= 4 is 0 Å². The van der Waals surface area contributed by atoms with Crippen molar-refractivity contribution in [3.05, 3.63) is 48.0 Å². The Morgan fingerprint density at radius 1 is 1.29 bits per heavy atom. The molecule has 1 aromatic carbocycles. The fourth-order valence-corrected chi connectivity index (χ4v) is 3.84. The highest BCUT2D eigenvalue weighted by Crippen LogP contribution is 2.38. The van der Waals surface area contributed by atoms with Crippen molar-refractivity contribution in [3.63, 3.8) is 0 Å². The van der Waals surface area contributed by atoms with E-state index in [4.69, 9.17) is 0 Å². The summed E-state index contributed by atoms with van der Waals surface area (Å²) >= 11 is 0. The maximum Gasteiger partial charge on any atom is 0.0994 e. The molecule has 0 amide bonds. The molecule has 0 saturated carbocycles. The lowest BCUT2D eigenvalue weighted by molar-refractivity contribution is 0.118. The van der Waals surface area contributed by atoms with Crippen LogP contribution in [0.3, 0.4) is 0 Å². The van der Waals surface area contributed by atoms with Crippen LogP contribution in [0.5, 0.6) is 0 Å². The van der Waals surface area contributed by atoms with Gasteiger partial charge >= 0.3 is 0 Å². The Morgan fingerprint density at radius 2 is 2.19 bits per heavy atom. The molecule has 3 heterocycles. The molecule has 2 atom stereocenters. The van der Waals surface area contributed by atoms with Crippen LogP contribution >= 0.6 is 0 Å². The van der Waals surface area contributed by atoms with Crippen LogP contribution in [0.2, 0.25) is 0 Å². The first-order valence-corrected chi connectivity index (χ1v) is 7.81. The van der Waals surface area contributed by atoms with Crippen LogP contribution < -0.4 is 0 Å². The number of fused-ring (bicyclic) bond motifs is 3. The van der Waals surface area contributed by atoms with E-state index in [1.165, 1.54) is 23.4 Å². The third kappa shape index (κ3) is 2.19. The van der Waals surface area contributed by atoms with Crippen LogP contribution in [0.4, 0.5) is 0 Å². The number of likely N-dealkylation sites (tertiary alicyclic amines) is 1. The zero-order valence-electron chi connectivity index (χ0n) is 12.2. The van der Waals surface area contributed by atoms with Crippen LogP contribution in [0, 0.1) is 5.92 Å². The minimum Gasteiger partial charge on any atom is -0.396 e. The van der Waals surface area contributed by atoms with Gasteiger partial charge in [-0.05, 0) is 36.9 Å². The second kappa shape index (κ2) is 5.28. The lowest BCUT2D eigenvalue weighted by Gasteiger charge is -2.33. The van der Waals surface area contributed by atoms with E-state index in [1.807, 2.05) is 12.5 Å². The van der Waals surface area contributed by atoms with E-state index in [1.54, 1.807) is 0 Å². The molecule has 0 radical (unpaired) electrons. The quantitative estimate of drug-likeness (QED) is 0.937. The molecule has 21 heavy (non-hydrogen) atoms. The largest absolute Gasteiger partial charge is 0.396 e. The molecule has 2 unspecified atom stereocenters. The van der Waals surface area contributed by atoms with E-state index in [0.717, 1.165) is 26.1 Å². The summed E-state index contributed by atoms with van der Waals surface area (Å²) in [5, 5.41) is 9.41. The normalized spacial score (nSPS) is 24.8. The molecule has 2 aliphatic heterocycles. The number of aliphatic hydroxyl groups is 1. The van der Waals surface area contributed by atoms with E-state index in [0.29, 0.717) is 18.4 Å². The summed E-state index contributed by atoms with van der Waals surface area (Å²) in [4.78, 5) is 6.83. The van der Waals surface area contributed by atoms with E-state index in [2.05, 4.69) is 38.7 Å². The standard InChI is InChI=1S/C17H21N3O/c21-11-13-4-3-7-19(9-13)10-15-14-5-1-2-6-16(14)20-12-18-8-17(15)20/h1-2,5-6,8,12-13,15,21H,3-4,7,9-11H2. The molecule has 110 valence electrons. The van der Waals surface area contributed by atoms with E-state index in [9.17, 15) is 5.11 Å². The maximum absolute atomic E-state index is 9.41. The van der Waals surface area contributed by atoms with E-state index >= 15 is 0 Å². The average Bonchev–Trinajstić information content (AvgIpc) is 3.11. The first-order chi connectivity index (χ1) is 10.4. The summed E-state index contributed by atoms with van der Waals surface area (Å²) in [7, 11) is 0. The van der Waals surface area contributed by atoms with Gasteiger partial charge in [-0.1, -0.05) is 18.2 Å². The molecule has 2 aliphatic rings. The van der Waals surface area contributed by atoms with Crippen molar-refractivity contribution < 1.29 is 5.11 Å². The molecule has 2 aromatic rings. The summed E-state index contributed by atoms with van der Waals surface area (Å²) in [6, 6.07) is 8.62. The van der Waals surface area contributed by atoms with Gasteiger partial charge in [0.25, 0.3) is 0 Å². The Morgan fingerprint density at radius 3 is 3.10 bits per heavy atom. The van der Waals surface area contributed by atoms with Crippen LogP contribution in [0.15, 0.2) is 36.8 Å². The molecular weight excluding hydrogens is 262 g/mol. The summed E-state index contributed by atoms with van der Waals surface area (Å²) in [6.07, 6.45) is 6.27. The highest BCUT2D eigenvalue weighted by molar-refractivity contribution is 5.53. The van der Waals surface area contributed by atoms with Gasteiger partial charge in [0.15, 0.2) is 0 Å². The molecule has 4 heteroatoms. The van der Waals surface area contributed by atoms with Gasteiger partial charge in [-0.3, -0.25) is 0 Å². The number of aliphatic hydroxyl groups excluding tert-OH is 1. The third-order valence-electron chi connectivity index (χ3n) is 4.90. The summed E-state index contributed by atoms with van der Waals surface area (Å²) in [5.74, 6) is 0.849. The summed E-state index contributed by atoms with van der Waals surface area (Å²) in [6.45, 7) is 3.50. The number of benzene rings is 1. The molecule has 1 fully saturated rings. The van der Waals surface area contributed by atoms with E-state index < -0.39 is 0 Å². The second-order valence-corrected chi connectivity index (χ2v) is 6.25. The molecule has 1 aromatic heterocycles. The minimum absolute atomic E-state index is 0.315. The first kappa shape index (κ1) is 13.0. The highest BCUT2D eigenvalue weighted by atomic mass is 16.3. The molecule has 0 aliphatic carbocycles.